The first-order valence-electron chi connectivity index (χ1n) is 21.8. The van der Waals surface area contributed by atoms with Crippen molar-refractivity contribution < 1.29 is 0 Å². The smallest absolute Gasteiger partial charge is 0.181 e. The van der Waals surface area contributed by atoms with E-state index in [-0.39, 0.29) is 0 Å². The zero-order valence-electron chi connectivity index (χ0n) is 34.6. The third kappa shape index (κ3) is 5.78. The first-order chi connectivity index (χ1) is 31.3. The molecule has 0 saturated heterocycles. The van der Waals surface area contributed by atoms with Crippen molar-refractivity contribution in [2.45, 2.75) is 0 Å². The minimum Gasteiger partial charge on any atom is -0.307 e. The number of fused-ring (bicyclic) bond motifs is 6. The number of benzene rings is 10. The van der Waals surface area contributed by atoms with Gasteiger partial charge < -0.3 is 9.13 Å². The van der Waals surface area contributed by atoms with Gasteiger partial charge in [0.15, 0.2) is 8.07 Å². The lowest BCUT2D eigenvalue weighted by molar-refractivity contribution is 1.13. The van der Waals surface area contributed by atoms with Crippen molar-refractivity contribution >= 4 is 72.4 Å². The van der Waals surface area contributed by atoms with Crippen LogP contribution in [-0.2, 0) is 0 Å². The Bertz CT molecular complexity index is 3510. The maximum atomic E-state index is 2.60. The van der Waals surface area contributed by atoms with Crippen LogP contribution in [0.3, 0.4) is 0 Å². The van der Waals surface area contributed by atoms with Crippen LogP contribution in [0.15, 0.2) is 255 Å². The molecule has 0 aliphatic rings. The molecule has 12 aromatic rings. The van der Waals surface area contributed by atoms with Crippen LogP contribution in [0.25, 0.3) is 77.2 Å². The van der Waals surface area contributed by atoms with Gasteiger partial charge in [-0.3, -0.25) is 0 Å². The molecule has 0 unspecified atom stereocenters. The molecular formula is C60H42N2Si. The average Bonchev–Trinajstić information content (AvgIpc) is 3.89. The molecule has 0 saturated carbocycles. The molecule has 63 heavy (non-hydrogen) atoms. The van der Waals surface area contributed by atoms with Crippen LogP contribution in [-0.4, -0.2) is 17.2 Å². The zero-order valence-corrected chi connectivity index (χ0v) is 35.6. The summed E-state index contributed by atoms with van der Waals surface area (Å²) in [6.07, 6.45) is 0. The first kappa shape index (κ1) is 36.8. The first-order valence-corrected chi connectivity index (χ1v) is 23.8. The molecule has 0 bridgehead atoms. The van der Waals surface area contributed by atoms with Gasteiger partial charge in [-0.25, -0.2) is 0 Å². The van der Waals surface area contributed by atoms with Gasteiger partial charge in [-0.05, 0) is 67.8 Å². The van der Waals surface area contributed by atoms with Crippen molar-refractivity contribution in [2.75, 3.05) is 0 Å². The minimum atomic E-state index is -2.98. The maximum Gasteiger partial charge on any atom is 0.181 e. The Morgan fingerprint density at radius 3 is 1.30 bits per heavy atom. The number of para-hydroxylation sites is 5. The van der Waals surface area contributed by atoms with Crippen molar-refractivity contribution in [1.29, 1.82) is 0 Å². The molecule has 0 aliphatic heterocycles. The van der Waals surface area contributed by atoms with Crippen LogP contribution in [0.5, 0.6) is 0 Å². The quantitative estimate of drug-likeness (QED) is 0.107. The van der Waals surface area contributed by atoms with Crippen LogP contribution in [0, 0.1) is 0 Å². The van der Waals surface area contributed by atoms with E-state index in [0.717, 1.165) is 11.4 Å². The van der Waals surface area contributed by atoms with Crippen LogP contribution in [0.2, 0.25) is 0 Å². The fraction of sp³-hybridized carbons (Fsp3) is 0. The Labute approximate surface area is 368 Å². The van der Waals surface area contributed by atoms with Crippen LogP contribution < -0.4 is 20.7 Å². The molecule has 2 aromatic heterocycles. The maximum absolute atomic E-state index is 2.98. The molecular weight excluding hydrogens is 777 g/mol. The highest BCUT2D eigenvalue weighted by Crippen LogP contribution is 2.42. The monoisotopic (exact) mass is 818 g/mol. The Hall–Kier alpha value is -7.98. The van der Waals surface area contributed by atoms with E-state index in [9.17, 15) is 0 Å². The molecule has 2 heterocycles. The van der Waals surface area contributed by atoms with Crippen LogP contribution in [0.4, 0.5) is 0 Å². The van der Waals surface area contributed by atoms with Crippen molar-refractivity contribution in [1.82, 2.24) is 9.13 Å². The van der Waals surface area contributed by atoms with Crippen molar-refractivity contribution in [2.24, 2.45) is 0 Å². The SMILES string of the molecule is c1ccc(-c2cccc(-c3ccccc3-n3c4ccccc4c4cccc(-n5c6ccccc6c6cccc([Si](c7ccccc7)(c7ccccc7)c7ccccc7)c65)c43)c2)cc1. The molecule has 0 spiro atoms. The molecule has 0 radical (unpaired) electrons. The Morgan fingerprint density at radius 2 is 0.683 bits per heavy atom. The number of hydrogen-bond acceptors (Lipinski definition) is 0. The molecule has 296 valence electrons. The Balaban J connectivity index is 1.22. The van der Waals surface area contributed by atoms with Gasteiger partial charge in [0.05, 0.1) is 33.4 Å². The third-order valence-electron chi connectivity index (χ3n) is 13.1. The molecule has 0 N–H and O–H groups in total. The predicted molar refractivity (Wildman–Crippen MR) is 270 cm³/mol. The number of nitrogens with zero attached hydrogens (tertiary/aromatic N) is 2. The fourth-order valence-corrected chi connectivity index (χ4v) is 15.4. The summed E-state index contributed by atoms with van der Waals surface area (Å²) in [5, 5.41) is 10.4. The second-order valence-electron chi connectivity index (χ2n) is 16.4. The standard InChI is InChI=1S/C60H42N2Si/c1-5-22-43(23-6-1)44-24-19-25-45(42-44)49-32-13-16-37-54(49)61-55-38-17-14-33-50(55)52-35-20-40-57(59(52)61)62-56-39-18-15-34-51(56)53-36-21-41-58(60(53)62)63(46-26-7-2-8-27-46,47-28-9-3-10-29-47)48-30-11-4-12-31-48/h1-42H. The lowest BCUT2D eigenvalue weighted by Crippen LogP contribution is -2.75. The largest absolute Gasteiger partial charge is 0.307 e. The van der Waals surface area contributed by atoms with E-state index in [4.69, 9.17) is 0 Å². The molecule has 10 aromatic carbocycles. The highest BCUT2D eigenvalue weighted by Gasteiger charge is 2.43. The van der Waals surface area contributed by atoms with Crippen molar-refractivity contribution in [3.05, 3.63) is 255 Å². The predicted octanol–water partition coefficient (Wildman–Crippen LogP) is 12.6. The lowest BCUT2D eigenvalue weighted by Gasteiger charge is -2.35. The van der Waals surface area contributed by atoms with E-state index >= 15 is 0 Å². The van der Waals surface area contributed by atoms with Gasteiger partial charge in [0, 0.05) is 27.1 Å². The molecule has 0 fully saturated rings. The van der Waals surface area contributed by atoms with E-state index < -0.39 is 8.07 Å². The van der Waals surface area contributed by atoms with E-state index in [2.05, 4.69) is 264 Å². The number of aromatic nitrogens is 2. The molecule has 2 nitrogen and oxygen atoms in total. The van der Waals surface area contributed by atoms with Crippen LogP contribution in [0.1, 0.15) is 0 Å². The van der Waals surface area contributed by atoms with Gasteiger partial charge >= 0.3 is 0 Å². The van der Waals surface area contributed by atoms with Crippen molar-refractivity contribution in [3.8, 4) is 33.6 Å². The summed E-state index contributed by atoms with van der Waals surface area (Å²) in [6.45, 7) is 0. The summed E-state index contributed by atoms with van der Waals surface area (Å²) >= 11 is 0. The van der Waals surface area contributed by atoms with E-state index in [1.54, 1.807) is 0 Å². The minimum absolute atomic E-state index is 1.14. The zero-order chi connectivity index (χ0) is 41.7. The summed E-state index contributed by atoms with van der Waals surface area (Å²) < 4.78 is 5.14. The fourth-order valence-electron chi connectivity index (χ4n) is 10.4. The second-order valence-corrected chi connectivity index (χ2v) is 20.2. The second kappa shape index (κ2) is 15.2. The average molecular weight is 819 g/mol. The molecule has 0 aliphatic carbocycles. The normalized spacial score (nSPS) is 11.8. The van der Waals surface area contributed by atoms with Gasteiger partial charge in [-0.2, -0.15) is 0 Å². The highest BCUT2D eigenvalue weighted by atomic mass is 28.3. The molecule has 3 heteroatoms. The lowest BCUT2D eigenvalue weighted by atomic mass is 9.98. The van der Waals surface area contributed by atoms with Crippen molar-refractivity contribution in [3.63, 3.8) is 0 Å². The van der Waals surface area contributed by atoms with E-state index in [0.29, 0.717) is 0 Å². The van der Waals surface area contributed by atoms with Gasteiger partial charge in [0.25, 0.3) is 0 Å². The third-order valence-corrected chi connectivity index (χ3v) is 17.9. The van der Waals surface area contributed by atoms with Gasteiger partial charge in [-0.15, -0.1) is 0 Å². The highest BCUT2D eigenvalue weighted by molar-refractivity contribution is 7.20. The van der Waals surface area contributed by atoms with Gasteiger partial charge in [0.2, 0.25) is 0 Å². The summed E-state index contributed by atoms with van der Waals surface area (Å²) in [7, 11) is -2.98. The van der Waals surface area contributed by atoms with Crippen LogP contribution >= 0.6 is 0 Å². The van der Waals surface area contributed by atoms with Gasteiger partial charge in [0.1, 0.15) is 0 Å². The molecule has 12 rings (SSSR count). The van der Waals surface area contributed by atoms with Gasteiger partial charge in [-0.1, -0.05) is 224 Å². The summed E-state index contributed by atoms with van der Waals surface area (Å²) in [4.78, 5) is 0. The molecule has 0 amide bonds. The topological polar surface area (TPSA) is 9.86 Å². The number of hydrogen-bond donors (Lipinski definition) is 0. The number of rotatable bonds is 8. The molecule has 0 atom stereocenters. The Morgan fingerprint density at radius 1 is 0.270 bits per heavy atom. The summed E-state index contributed by atoms with van der Waals surface area (Å²) in [6, 6.07) is 94.4. The van der Waals surface area contributed by atoms with E-state index in [1.165, 1.54) is 86.6 Å². The van der Waals surface area contributed by atoms with E-state index in [1.807, 2.05) is 0 Å². The summed E-state index contributed by atoms with van der Waals surface area (Å²) in [5.41, 5.74) is 11.8. The summed E-state index contributed by atoms with van der Waals surface area (Å²) in [5.74, 6) is 0. The Kier molecular flexibility index (Phi) is 8.87.